The molecule has 2 N–H and O–H groups in total. The van der Waals surface area contributed by atoms with Gasteiger partial charge in [0.1, 0.15) is 5.76 Å². The number of benzene rings is 1. The van der Waals surface area contributed by atoms with E-state index < -0.39 is 0 Å². The van der Waals surface area contributed by atoms with Crippen LogP contribution in [0.2, 0.25) is 0 Å². The Labute approximate surface area is 115 Å². The second-order valence-corrected chi connectivity index (χ2v) is 4.95. The van der Waals surface area contributed by atoms with E-state index in [1.165, 1.54) is 0 Å². The first-order valence-electron chi connectivity index (χ1n) is 5.94. The van der Waals surface area contributed by atoms with Gasteiger partial charge in [-0.15, -0.1) is 0 Å². The molecule has 1 aromatic carbocycles. The van der Waals surface area contributed by atoms with Gasteiger partial charge in [0.25, 0.3) is 0 Å². The molecule has 2 rings (SSSR count). The molecule has 1 atom stereocenters. The van der Waals surface area contributed by atoms with Gasteiger partial charge in [-0.1, -0.05) is 28.1 Å². The van der Waals surface area contributed by atoms with Crippen LogP contribution in [0.3, 0.4) is 0 Å². The Bertz CT molecular complexity index is 453. The van der Waals surface area contributed by atoms with Crippen molar-refractivity contribution in [2.75, 3.05) is 13.2 Å². The summed E-state index contributed by atoms with van der Waals surface area (Å²) in [7, 11) is 0. The molecule has 0 bridgehead atoms. The summed E-state index contributed by atoms with van der Waals surface area (Å²) in [6.45, 7) is 0.941. The van der Waals surface area contributed by atoms with Gasteiger partial charge in [-0.05, 0) is 42.8 Å². The van der Waals surface area contributed by atoms with E-state index in [4.69, 9.17) is 9.52 Å². The molecule has 0 aliphatic carbocycles. The number of aliphatic hydroxyl groups is 1. The Hall–Kier alpha value is -1.10. The van der Waals surface area contributed by atoms with E-state index in [9.17, 15) is 0 Å². The highest BCUT2D eigenvalue weighted by molar-refractivity contribution is 9.10. The molecule has 0 fully saturated rings. The maximum absolute atomic E-state index is 8.85. The molecule has 18 heavy (non-hydrogen) atoms. The number of hydrogen-bond donors (Lipinski definition) is 2. The second kappa shape index (κ2) is 6.73. The maximum Gasteiger partial charge on any atom is 0.125 e. The van der Waals surface area contributed by atoms with Crippen molar-refractivity contribution in [3.05, 3.63) is 58.5 Å². The van der Waals surface area contributed by atoms with Gasteiger partial charge in [-0.3, -0.25) is 0 Å². The van der Waals surface area contributed by atoms with Crippen LogP contribution in [0.1, 0.15) is 23.8 Å². The molecule has 0 spiro atoms. The molecule has 4 heteroatoms. The fourth-order valence-electron chi connectivity index (χ4n) is 1.82. The van der Waals surface area contributed by atoms with Gasteiger partial charge in [-0.25, -0.2) is 0 Å². The first kappa shape index (κ1) is 13.3. The van der Waals surface area contributed by atoms with E-state index in [0.29, 0.717) is 0 Å². The summed E-state index contributed by atoms with van der Waals surface area (Å²) in [6, 6.07) is 12.0. The van der Waals surface area contributed by atoms with Gasteiger partial charge in [-0.2, -0.15) is 0 Å². The topological polar surface area (TPSA) is 45.4 Å². The first-order valence-corrected chi connectivity index (χ1v) is 6.73. The number of nitrogens with one attached hydrogen (secondary N) is 1. The van der Waals surface area contributed by atoms with Crippen LogP contribution >= 0.6 is 15.9 Å². The molecular weight excluding hydrogens is 294 g/mol. The Morgan fingerprint density at radius 2 is 2.00 bits per heavy atom. The molecule has 0 radical (unpaired) electrons. The first-order chi connectivity index (χ1) is 8.81. The predicted molar refractivity (Wildman–Crippen MR) is 74.4 cm³/mol. The molecule has 0 saturated carbocycles. The quantitative estimate of drug-likeness (QED) is 0.806. The minimum Gasteiger partial charge on any atom is -0.467 e. The van der Waals surface area contributed by atoms with Gasteiger partial charge in [0.15, 0.2) is 0 Å². The number of aliphatic hydroxyl groups excluding tert-OH is 1. The third-order valence-electron chi connectivity index (χ3n) is 2.71. The van der Waals surface area contributed by atoms with Gasteiger partial charge in [0, 0.05) is 11.1 Å². The molecule has 1 heterocycles. The normalized spacial score (nSPS) is 12.6. The fourth-order valence-corrected chi connectivity index (χ4v) is 2.08. The van der Waals surface area contributed by atoms with Crippen LogP contribution in [0.4, 0.5) is 0 Å². The highest BCUT2D eigenvalue weighted by Gasteiger charge is 2.15. The predicted octanol–water partition coefficient (Wildman–Crippen LogP) is 3.10. The van der Waals surface area contributed by atoms with Gasteiger partial charge < -0.3 is 14.8 Å². The average Bonchev–Trinajstić information content (AvgIpc) is 2.90. The molecule has 0 amide bonds. The summed E-state index contributed by atoms with van der Waals surface area (Å²) < 4.78 is 6.53. The number of halogens is 1. The van der Waals surface area contributed by atoms with Crippen LogP contribution in [0.15, 0.2) is 51.6 Å². The lowest BCUT2D eigenvalue weighted by atomic mass is 10.0. The number of furan rings is 1. The molecular formula is C14H16BrNO2. The largest absolute Gasteiger partial charge is 0.467 e. The Morgan fingerprint density at radius 1 is 1.22 bits per heavy atom. The molecule has 2 aromatic rings. The maximum atomic E-state index is 8.85. The van der Waals surface area contributed by atoms with E-state index in [-0.39, 0.29) is 12.6 Å². The van der Waals surface area contributed by atoms with Crippen molar-refractivity contribution < 1.29 is 9.52 Å². The van der Waals surface area contributed by atoms with Crippen molar-refractivity contribution in [2.24, 2.45) is 0 Å². The summed E-state index contributed by atoms with van der Waals surface area (Å²) in [5, 5.41) is 12.2. The van der Waals surface area contributed by atoms with E-state index in [2.05, 4.69) is 33.4 Å². The van der Waals surface area contributed by atoms with Gasteiger partial charge >= 0.3 is 0 Å². The van der Waals surface area contributed by atoms with E-state index in [1.807, 2.05) is 24.3 Å². The molecule has 3 nitrogen and oxygen atoms in total. The highest BCUT2D eigenvalue weighted by atomic mass is 79.9. The highest BCUT2D eigenvalue weighted by Crippen LogP contribution is 2.24. The van der Waals surface area contributed by atoms with Crippen LogP contribution < -0.4 is 5.32 Å². The SMILES string of the molecule is OCCCNC(c1ccc(Br)cc1)c1ccco1. The van der Waals surface area contributed by atoms with E-state index in [1.54, 1.807) is 6.26 Å². The molecule has 1 unspecified atom stereocenters. The monoisotopic (exact) mass is 309 g/mol. The van der Waals surface area contributed by atoms with Crippen LogP contribution in [-0.4, -0.2) is 18.3 Å². The van der Waals surface area contributed by atoms with Crippen molar-refractivity contribution in [2.45, 2.75) is 12.5 Å². The van der Waals surface area contributed by atoms with Crippen molar-refractivity contribution >= 4 is 15.9 Å². The zero-order chi connectivity index (χ0) is 12.8. The van der Waals surface area contributed by atoms with Crippen LogP contribution in [0.5, 0.6) is 0 Å². The lowest BCUT2D eigenvalue weighted by Crippen LogP contribution is -2.23. The molecule has 0 saturated heterocycles. The van der Waals surface area contributed by atoms with Crippen molar-refractivity contribution in [3.63, 3.8) is 0 Å². The molecule has 1 aromatic heterocycles. The van der Waals surface area contributed by atoms with Gasteiger partial charge in [0.05, 0.1) is 12.3 Å². The van der Waals surface area contributed by atoms with Crippen molar-refractivity contribution in [3.8, 4) is 0 Å². The molecule has 0 aliphatic heterocycles. The van der Waals surface area contributed by atoms with Crippen molar-refractivity contribution in [1.82, 2.24) is 5.32 Å². The molecule has 96 valence electrons. The summed E-state index contributed by atoms with van der Waals surface area (Å²) >= 11 is 3.43. The van der Waals surface area contributed by atoms with E-state index in [0.717, 1.165) is 28.8 Å². The van der Waals surface area contributed by atoms with Crippen LogP contribution in [0.25, 0.3) is 0 Å². The Balaban J connectivity index is 2.16. The summed E-state index contributed by atoms with van der Waals surface area (Å²) in [5.41, 5.74) is 1.14. The standard InChI is InChI=1S/C14H16BrNO2/c15-12-6-4-11(5-7-12)14(16-8-2-9-17)13-3-1-10-18-13/h1,3-7,10,14,16-17H,2,8-9H2. The lowest BCUT2D eigenvalue weighted by Gasteiger charge is -2.17. The third-order valence-corrected chi connectivity index (χ3v) is 3.24. The van der Waals surface area contributed by atoms with Crippen molar-refractivity contribution in [1.29, 1.82) is 0 Å². The summed E-state index contributed by atoms with van der Waals surface area (Å²) in [4.78, 5) is 0. The van der Waals surface area contributed by atoms with E-state index >= 15 is 0 Å². The van der Waals surface area contributed by atoms with Crippen LogP contribution in [-0.2, 0) is 0 Å². The average molecular weight is 310 g/mol. The molecule has 0 aliphatic rings. The fraction of sp³-hybridized carbons (Fsp3) is 0.286. The minimum absolute atomic E-state index is 0.0275. The zero-order valence-electron chi connectivity index (χ0n) is 9.97. The third kappa shape index (κ3) is 3.45. The summed E-state index contributed by atoms with van der Waals surface area (Å²) in [5.74, 6) is 0.885. The second-order valence-electron chi connectivity index (χ2n) is 4.03. The minimum atomic E-state index is 0.0275. The van der Waals surface area contributed by atoms with Crippen LogP contribution in [0, 0.1) is 0 Å². The smallest absolute Gasteiger partial charge is 0.125 e. The number of rotatable bonds is 6. The Kier molecular flexibility index (Phi) is 4.99. The summed E-state index contributed by atoms with van der Waals surface area (Å²) in [6.07, 6.45) is 2.41. The number of hydrogen-bond acceptors (Lipinski definition) is 3. The van der Waals surface area contributed by atoms with Gasteiger partial charge in [0.2, 0.25) is 0 Å². The zero-order valence-corrected chi connectivity index (χ0v) is 11.6. The Morgan fingerprint density at radius 3 is 2.61 bits per heavy atom. The lowest BCUT2D eigenvalue weighted by molar-refractivity contribution is 0.283.